The largest absolute Gasteiger partial charge is 0.467 e. The highest BCUT2D eigenvalue weighted by atomic mass is 28.4. The molecule has 5 atom stereocenters. The van der Waals surface area contributed by atoms with E-state index in [1.54, 1.807) is 6.08 Å². The molecule has 1 aromatic carbocycles. The van der Waals surface area contributed by atoms with Crippen LogP contribution in [-0.4, -0.2) is 63.8 Å². The first kappa shape index (κ1) is 25.7. The Hall–Kier alpha value is -1.55. The minimum atomic E-state index is -2.32. The molecule has 0 spiro atoms. The van der Waals surface area contributed by atoms with Gasteiger partial charge in [-0.15, -0.1) is 6.58 Å². The maximum absolute atomic E-state index is 12.5. The van der Waals surface area contributed by atoms with Crippen LogP contribution in [0.15, 0.2) is 43.0 Å². The second-order valence-corrected chi connectivity index (χ2v) is 13.9. The molecule has 1 heterocycles. The second kappa shape index (κ2) is 10.8. The Kier molecular flexibility index (Phi) is 8.99. The molecule has 0 unspecified atom stereocenters. The van der Waals surface area contributed by atoms with Gasteiger partial charge in [-0.25, -0.2) is 4.79 Å². The molecule has 1 fully saturated rings. The third-order valence-electron chi connectivity index (χ3n) is 5.86. The van der Waals surface area contributed by atoms with E-state index < -0.39 is 45.0 Å². The molecule has 0 amide bonds. The van der Waals surface area contributed by atoms with E-state index in [1.807, 2.05) is 30.3 Å². The van der Waals surface area contributed by atoms with Gasteiger partial charge in [-0.05, 0) is 23.7 Å². The standard InChI is InChI=1S/C23H36O7Si/c1-8-14-27-19-18(28-15-16-12-10-9-11-13-16)17(24)22(29-20(19)21(25)26-5)30-31(6,7)23(2,3)4/h8-13,17-20,22,24H,1,14-15H2,2-7H3/t17-,18-,19+,20-,22+/m1/s1. The van der Waals surface area contributed by atoms with Crippen LogP contribution in [0.1, 0.15) is 26.3 Å². The summed E-state index contributed by atoms with van der Waals surface area (Å²) in [7, 11) is -1.04. The number of hydrogen-bond donors (Lipinski definition) is 1. The Bertz CT molecular complexity index is 716. The summed E-state index contributed by atoms with van der Waals surface area (Å²) in [6, 6.07) is 9.58. The lowest BCUT2D eigenvalue weighted by atomic mass is 9.98. The number of esters is 1. The zero-order valence-corrected chi connectivity index (χ0v) is 20.4. The number of benzene rings is 1. The summed E-state index contributed by atoms with van der Waals surface area (Å²) in [6.45, 7) is 14.4. The highest BCUT2D eigenvalue weighted by molar-refractivity contribution is 6.74. The van der Waals surface area contributed by atoms with Gasteiger partial charge in [0.15, 0.2) is 20.7 Å². The minimum Gasteiger partial charge on any atom is -0.467 e. The maximum atomic E-state index is 12.5. The van der Waals surface area contributed by atoms with Gasteiger partial charge in [0.2, 0.25) is 0 Å². The molecule has 1 aromatic rings. The molecular weight excluding hydrogens is 416 g/mol. The Morgan fingerprint density at radius 2 is 1.84 bits per heavy atom. The number of ether oxygens (including phenoxy) is 4. The summed E-state index contributed by atoms with van der Waals surface area (Å²) in [5, 5.41) is 11.0. The fourth-order valence-electron chi connectivity index (χ4n) is 3.02. The monoisotopic (exact) mass is 452 g/mol. The van der Waals surface area contributed by atoms with E-state index in [4.69, 9.17) is 23.4 Å². The molecule has 0 bridgehead atoms. The highest BCUT2D eigenvalue weighted by Gasteiger charge is 2.53. The Morgan fingerprint density at radius 3 is 2.39 bits per heavy atom. The fourth-order valence-corrected chi connectivity index (χ4v) is 4.15. The third-order valence-corrected chi connectivity index (χ3v) is 10.3. The third kappa shape index (κ3) is 6.47. The van der Waals surface area contributed by atoms with Crippen molar-refractivity contribution in [2.45, 2.75) is 76.2 Å². The Balaban J connectivity index is 2.33. The van der Waals surface area contributed by atoms with Gasteiger partial charge in [0.05, 0.1) is 20.3 Å². The van der Waals surface area contributed by atoms with E-state index in [9.17, 15) is 9.90 Å². The van der Waals surface area contributed by atoms with Gasteiger partial charge in [-0.2, -0.15) is 0 Å². The zero-order chi connectivity index (χ0) is 23.2. The maximum Gasteiger partial charge on any atom is 0.337 e. The number of aliphatic hydroxyl groups is 1. The van der Waals surface area contributed by atoms with Gasteiger partial charge in [0.25, 0.3) is 0 Å². The van der Waals surface area contributed by atoms with Crippen molar-refractivity contribution >= 4 is 14.3 Å². The Morgan fingerprint density at radius 1 is 1.19 bits per heavy atom. The predicted octanol–water partition coefficient (Wildman–Crippen LogP) is 3.42. The lowest BCUT2D eigenvalue weighted by molar-refractivity contribution is -0.290. The van der Waals surface area contributed by atoms with E-state index in [0.29, 0.717) is 0 Å². The van der Waals surface area contributed by atoms with Crippen LogP contribution in [-0.2, 0) is 34.8 Å². The van der Waals surface area contributed by atoms with E-state index in [1.165, 1.54) is 7.11 Å². The van der Waals surface area contributed by atoms with Gasteiger partial charge >= 0.3 is 5.97 Å². The molecule has 0 saturated carbocycles. The van der Waals surface area contributed by atoms with Crippen LogP contribution in [0, 0.1) is 0 Å². The number of aliphatic hydroxyl groups excluding tert-OH is 1. The Labute approximate surface area is 186 Å². The molecule has 7 nitrogen and oxygen atoms in total. The van der Waals surface area contributed by atoms with Crippen molar-refractivity contribution in [2.24, 2.45) is 0 Å². The van der Waals surface area contributed by atoms with Crippen molar-refractivity contribution in [2.75, 3.05) is 13.7 Å². The normalized spacial score (nSPS) is 27.0. The topological polar surface area (TPSA) is 83.5 Å². The van der Waals surface area contributed by atoms with Crippen LogP contribution >= 0.6 is 0 Å². The average molecular weight is 453 g/mol. The van der Waals surface area contributed by atoms with Crippen molar-refractivity contribution in [3.8, 4) is 0 Å². The van der Waals surface area contributed by atoms with Crippen LogP contribution in [0.2, 0.25) is 18.1 Å². The number of carbonyl (C=O) groups is 1. The molecule has 1 aliphatic rings. The number of methoxy groups -OCH3 is 1. The highest BCUT2D eigenvalue weighted by Crippen LogP contribution is 2.39. The molecule has 0 aliphatic carbocycles. The minimum absolute atomic E-state index is 0.118. The molecule has 31 heavy (non-hydrogen) atoms. The smallest absolute Gasteiger partial charge is 0.337 e. The summed E-state index contributed by atoms with van der Waals surface area (Å²) >= 11 is 0. The van der Waals surface area contributed by atoms with Crippen molar-refractivity contribution in [1.82, 2.24) is 0 Å². The van der Waals surface area contributed by atoms with Crippen molar-refractivity contribution < 1.29 is 33.3 Å². The van der Waals surface area contributed by atoms with Gasteiger partial charge in [-0.1, -0.05) is 57.2 Å². The van der Waals surface area contributed by atoms with Crippen LogP contribution < -0.4 is 0 Å². The van der Waals surface area contributed by atoms with Gasteiger partial charge in [0, 0.05) is 0 Å². The first-order chi connectivity index (χ1) is 14.5. The van der Waals surface area contributed by atoms with E-state index >= 15 is 0 Å². The van der Waals surface area contributed by atoms with Crippen molar-refractivity contribution in [3.63, 3.8) is 0 Å². The summed E-state index contributed by atoms with van der Waals surface area (Å²) in [5.74, 6) is -0.613. The molecule has 1 saturated heterocycles. The van der Waals surface area contributed by atoms with E-state index in [2.05, 4.69) is 40.4 Å². The van der Waals surface area contributed by atoms with Gasteiger partial charge < -0.3 is 28.5 Å². The lowest BCUT2D eigenvalue weighted by Gasteiger charge is -2.47. The van der Waals surface area contributed by atoms with Crippen LogP contribution in [0.25, 0.3) is 0 Å². The fraction of sp³-hybridized carbons (Fsp3) is 0.609. The van der Waals surface area contributed by atoms with Crippen LogP contribution in [0.5, 0.6) is 0 Å². The van der Waals surface area contributed by atoms with Crippen LogP contribution in [0.3, 0.4) is 0 Å². The molecule has 0 radical (unpaired) electrons. The average Bonchev–Trinajstić information content (AvgIpc) is 2.72. The number of hydrogen-bond acceptors (Lipinski definition) is 7. The molecule has 1 aliphatic heterocycles. The van der Waals surface area contributed by atoms with E-state index in [-0.39, 0.29) is 18.3 Å². The molecule has 2 rings (SSSR count). The number of carbonyl (C=O) groups excluding carboxylic acids is 1. The molecule has 1 N–H and O–H groups in total. The first-order valence-electron chi connectivity index (χ1n) is 10.5. The first-order valence-corrected chi connectivity index (χ1v) is 13.4. The van der Waals surface area contributed by atoms with Gasteiger partial charge in [0.1, 0.15) is 18.3 Å². The lowest BCUT2D eigenvalue weighted by Crippen LogP contribution is -2.64. The van der Waals surface area contributed by atoms with Gasteiger partial charge in [-0.3, -0.25) is 0 Å². The summed E-state index contributed by atoms with van der Waals surface area (Å²) in [6.07, 6.45) is -3.50. The van der Waals surface area contributed by atoms with E-state index in [0.717, 1.165) is 5.56 Å². The molecule has 8 heteroatoms. The molecular formula is C23H36O7Si. The van der Waals surface area contributed by atoms with Crippen molar-refractivity contribution in [3.05, 3.63) is 48.6 Å². The zero-order valence-electron chi connectivity index (χ0n) is 19.4. The molecule has 0 aromatic heterocycles. The quantitative estimate of drug-likeness (QED) is 0.349. The second-order valence-electron chi connectivity index (χ2n) is 9.16. The predicted molar refractivity (Wildman–Crippen MR) is 120 cm³/mol. The SMILES string of the molecule is C=CCO[C@H]1[C@H](OCc2ccccc2)[C@@H](O)[C@H](O[Si](C)(C)C(C)(C)C)O[C@H]1C(=O)OC. The summed E-state index contributed by atoms with van der Waals surface area (Å²) < 4.78 is 29.1. The molecule has 174 valence electrons. The van der Waals surface area contributed by atoms with Crippen molar-refractivity contribution in [1.29, 1.82) is 0 Å². The van der Waals surface area contributed by atoms with Crippen LogP contribution in [0.4, 0.5) is 0 Å². The number of rotatable bonds is 9. The summed E-state index contributed by atoms with van der Waals surface area (Å²) in [5.41, 5.74) is 0.931. The summed E-state index contributed by atoms with van der Waals surface area (Å²) in [4.78, 5) is 12.5.